The first-order valence-electron chi connectivity index (χ1n) is 8.75. The molecule has 1 aliphatic rings. The lowest BCUT2D eigenvalue weighted by molar-refractivity contribution is 0.395. The average Bonchev–Trinajstić information content (AvgIpc) is 2.73. The topological polar surface area (TPSA) is 59.5 Å². The summed E-state index contributed by atoms with van der Waals surface area (Å²) in [5.74, 6) is 2.25. The molecule has 0 amide bonds. The van der Waals surface area contributed by atoms with Crippen LogP contribution in [0.2, 0.25) is 0 Å². The van der Waals surface area contributed by atoms with Gasteiger partial charge in [0.15, 0.2) is 0 Å². The van der Waals surface area contributed by atoms with Crippen LogP contribution in [0.5, 0.6) is 11.5 Å². The minimum absolute atomic E-state index is 0.736. The fourth-order valence-corrected chi connectivity index (χ4v) is 3.27. The Morgan fingerprint density at radius 3 is 2.54 bits per heavy atom. The average molecular weight is 350 g/mol. The summed E-state index contributed by atoms with van der Waals surface area (Å²) in [6.07, 6.45) is 0. The molecule has 1 N–H and O–H groups in total. The molecule has 6 nitrogen and oxygen atoms in total. The number of aromatic nitrogens is 2. The number of nitrogens with zero attached hydrogens (tertiary/aromatic N) is 3. The van der Waals surface area contributed by atoms with E-state index < -0.39 is 0 Å². The minimum atomic E-state index is 0.736. The van der Waals surface area contributed by atoms with Gasteiger partial charge in [0.25, 0.3) is 0 Å². The highest BCUT2D eigenvalue weighted by Gasteiger charge is 2.18. The number of benzene rings is 2. The van der Waals surface area contributed by atoms with E-state index in [2.05, 4.69) is 16.3 Å². The largest absolute Gasteiger partial charge is 0.497 e. The summed E-state index contributed by atoms with van der Waals surface area (Å²) in [5.41, 5.74) is 2.75. The maximum Gasteiger partial charge on any atom is 0.226 e. The Balaban J connectivity index is 1.90. The Labute approximate surface area is 152 Å². The molecule has 0 spiro atoms. The second-order valence-corrected chi connectivity index (χ2v) is 6.19. The van der Waals surface area contributed by atoms with E-state index in [0.717, 1.165) is 65.8 Å². The van der Waals surface area contributed by atoms with Crippen molar-refractivity contribution in [2.24, 2.45) is 0 Å². The number of fused-ring (bicyclic) bond motifs is 1. The third-order valence-corrected chi connectivity index (χ3v) is 4.66. The van der Waals surface area contributed by atoms with Crippen molar-refractivity contribution in [1.29, 1.82) is 0 Å². The summed E-state index contributed by atoms with van der Waals surface area (Å²) < 4.78 is 10.9. The van der Waals surface area contributed by atoms with E-state index in [1.54, 1.807) is 14.2 Å². The van der Waals surface area contributed by atoms with Crippen molar-refractivity contribution in [3.8, 4) is 22.8 Å². The second kappa shape index (κ2) is 7.17. The first kappa shape index (κ1) is 16.6. The van der Waals surface area contributed by atoms with Gasteiger partial charge in [0.05, 0.1) is 25.4 Å². The Hall–Kier alpha value is -2.86. The van der Waals surface area contributed by atoms with Gasteiger partial charge in [0, 0.05) is 43.2 Å². The molecule has 3 aromatic rings. The molecular weight excluding hydrogens is 328 g/mol. The van der Waals surface area contributed by atoms with Crippen molar-refractivity contribution >= 4 is 16.9 Å². The lowest BCUT2D eigenvalue weighted by Gasteiger charge is -2.28. The van der Waals surface area contributed by atoms with Gasteiger partial charge in [0.2, 0.25) is 5.95 Å². The van der Waals surface area contributed by atoms with E-state index >= 15 is 0 Å². The number of piperazine rings is 1. The smallest absolute Gasteiger partial charge is 0.226 e. The Kier molecular flexibility index (Phi) is 4.58. The van der Waals surface area contributed by atoms with Gasteiger partial charge in [-0.3, -0.25) is 0 Å². The van der Waals surface area contributed by atoms with Crippen molar-refractivity contribution in [2.45, 2.75) is 0 Å². The maximum atomic E-state index is 5.61. The monoisotopic (exact) mass is 350 g/mol. The number of ether oxygens (including phenoxy) is 2. The Morgan fingerprint density at radius 1 is 0.962 bits per heavy atom. The van der Waals surface area contributed by atoms with Crippen LogP contribution in [0.25, 0.3) is 22.2 Å². The number of anilines is 1. The van der Waals surface area contributed by atoms with Crippen LogP contribution in [0.4, 0.5) is 5.95 Å². The molecule has 0 atom stereocenters. The van der Waals surface area contributed by atoms with Gasteiger partial charge in [-0.2, -0.15) is 0 Å². The quantitative estimate of drug-likeness (QED) is 0.781. The highest BCUT2D eigenvalue weighted by Crippen LogP contribution is 2.36. The highest BCUT2D eigenvalue weighted by molar-refractivity contribution is 5.94. The Morgan fingerprint density at radius 2 is 1.77 bits per heavy atom. The van der Waals surface area contributed by atoms with Crippen molar-refractivity contribution < 1.29 is 9.47 Å². The van der Waals surface area contributed by atoms with Crippen LogP contribution < -0.4 is 19.7 Å². The number of nitrogens with one attached hydrogen (secondary N) is 1. The minimum Gasteiger partial charge on any atom is -0.497 e. The maximum absolute atomic E-state index is 5.61. The molecule has 26 heavy (non-hydrogen) atoms. The fraction of sp³-hybridized carbons (Fsp3) is 0.300. The van der Waals surface area contributed by atoms with E-state index in [1.807, 2.05) is 36.4 Å². The predicted octanol–water partition coefficient (Wildman–Crippen LogP) is 2.72. The highest BCUT2D eigenvalue weighted by atomic mass is 16.5. The van der Waals surface area contributed by atoms with Gasteiger partial charge in [-0.05, 0) is 18.2 Å². The van der Waals surface area contributed by atoms with E-state index in [4.69, 9.17) is 19.4 Å². The van der Waals surface area contributed by atoms with E-state index in [-0.39, 0.29) is 0 Å². The standard InChI is InChI=1S/C20H22N4O2/c1-25-14-7-8-16(18(13-14)26-2)19-15-5-3-4-6-17(15)22-20(23-19)24-11-9-21-10-12-24/h3-8,13,21H,9-12H2,1-2H3. The normalized spacial score (nSPS) is 14.5. The molecule has 134 valence electrons. The third-order valence-electron chi connectivity index (χ3n) is 4.66. The first-order valence-corrected chi connectivity index (χ1v) is 8.75. The summed E-state index contributed by atoms with van der Waals surface area (Å²) in [5, 5.41) is 4.38. The molecule has 2 heterocycles. The summed E-state index contributed by atoms with van der Waals surface area (Å²) in [7, 11) is 3.32. The van der Waals surface area contributed by atoms with Crippen LogP contribution in [0.15, 0.2) is 42.5 Å². The number of para-hydroxylation sites is 1. The first-order chi connectivity index (χ1) is 12.8. The van der Waals surface area contributed by atoms with Gasteiger partial charge >= 0.3 is 0 Å². The van der Waals surface area contributed by atoms with Crippen LogP contribution in [0.1, 0.15) is 0 Å². The molecule has 0 saturated carbocycles. The lowest BCUT2D eigenvalue weighted by atomic mass is 10.1. The zero-order valence-corrected chi connectivity index (χ0v) is 15.0. The molecule has 1 aliphatic heterocycles. The molecule has 0 radical (unpaired) electrons. The van der Waals surface area contributed by atoms with Crippen molar-refractivity contribution in [1.82, 2.24) is 15.3 Å². The number of hydrogen-bond acceptors (Lipinski definition) is 6. The molecule has 0 bridgehead atoms. The van der Waals surface area contributed by atoms with Crippen LogP contribution in [-0.4, -0.2) is 50.4 Å². The third kappa shape index (κ3) is 3.04. The molecule has 0 unspecified atom stereocenters. The molecule has 1 saturated heterocycles. The number of methoxy groups -OCH3 is 2. The summed E-state index contributed by atoms with van der Waals surface area (Å²) in [6, 6.07) is 13.9. The van der Waals surface area contributed by atoms with Crippen LogP contribution in [0, 0.1) is 0 Å². The lowest BCUT2D eigenvalue weighted by Crippen LogP contribution is -2.44. The molecular formula is C20H22N4O2. The molecule has 4 rings (SSSR count). The van der Waals surface area contributed by atoms with Crippen LogP contribution >= 0.6 is 0 Å². The summed E-state index contributed by atoms with van der Waals surface area (Å²) >= 11 is 0. The van der Waals surface area contributed by atoms with E-state index in [0.29, 0.717) is 0 Å². The van der Waals surface area contributed by atoms with Crippen molar-refractivity contribution in [2.75, 3.05) is 45.3 Å². The predicted molar refractivity (Wildman–Crippen MR) is 103 cm³/mol. The molecule has 6 heteroatoms. The molecule has 1 fully saturated rings. The second-order valence-electron chi connectivity index (χ2n) is 6.19. The summed E-state index contributed by atoms with van der Waals surface area (Å²) in [4.78, 5) is 11.9. The van der Waals surface area contributed by atoms with Gasteiger partial charge in [0.1, 0.15) is 11.5 Å². The van der Waals surface area contributed by atoms with Gasteiger partial charge in [-0.25, -0.2) is 9.97 Å². The Bertz CT molecular complexity index is 923. The molecule has 1 aromatic heterocycles. The van der Waals surface area contributed by atoms with Crippen LogP contribution in [-0.2, 0) is 0 Å². The fourth-order valence-electron chi connectivity index (χ4n) is 3.27. The van der Waals surface area contributed by atoms with Crippen molar-refractivity contribution in [3.63, 3.8) is 0 Å². The number of hydrogen-bond donors (Lipinski definition) is 1. The van der Waals surface area contributed by atoms with Gasteiger partial charge in [-0.15, -0.1) is 0 Å². The van der Waals surface area contributed by atoms with E-state index in [9.17, 15) is 0 Å². The molecule has 0 aliphatic carbocycles. The van der Waals surface area contributed by atoms with Gasteiger partial charge < -0.3 is 19.7 Å². The van der Waals surface area contributed by atoms with E-state index in [1.165, 1.54) is 0 Å². The van der Waals surface area contributed by atoms with Crippen molar-refractivity contribution in [3.05, 3.63) is 42.5 Å². The SMILES string of the molecule is COc1ccc(-c2nc(N3CCNCC3)nc3ccccc23)c(OC)c1. The van der Waals surface area contributed by atoms with Gasteiger partial charge in [-0.1, -0.05) is 18.2 Å². The zero-order chi connectivity index (χ0) is 17.9. The zero-order valence-electron chi connectivity index (χ0n) is 15.0. The number of rotatable bonds is 4. The molecule has 2 aromatic carbocycles. The summed E-state index contributed by atoms with van der Waals surface area (Å²) in [6.45, 7) is 3.68. The van der Waals surface area contributed by atoms with Crippen LogP contribution in [0.3, 0.4) is 0 Å².